The zero-order valence-electron chi connectivity index (χ0n) is 11.5. The summed E-state index contributed by atoms with van der Waals surface area (Å²) < 4.78 is 10.4. The average molecular weight is 266 g/mol. The van der Waals surface area contributed by atoms with Crippen molar-refractivity contribution in [3.05, 3.63) is 11.7 Å². The minimum Gasteiger partial charge on any atom is -0.381 e. The quantitative estimate of drug-likeness (QED) is 0.792. The topological polar surface area (TPSA) is 54.6 Å². The summed E-state index contributed by atoms with van der Waals surface area (Å²) in [4.78, 5) is 9.21. The summed E-state index contributed by atoms with van der Waals surface area (Å²) in [5.41, 5.74) is 0. The van der Waals surface area contributed by atoms with Crippen LogP contribution in [-0.4, -0.2) is 65.9 Å². The molecule has 3 heterocycles. The summed E-state index contributed by atoms with van der Waals surface area (Å²) in [7, 11) is 0. The van der Waals surface area contributed by atoms with E-state index in [9.17, 15) is 0 Å². The number of hydrogen-bond acceptors (Lipinski definition) is 6. The highest BCUT2D eigenvalue weighted by atomic mass is 16.5. The van der Waals surface area contributed by atoms with Crippen molar-refractivity contribution in [1.82, 2.24) is 19.9 Å². The SMILES string of the molecule is Cc1nc(CN2CCN(C[C@H]3CCOC3)CC2)no1. The molecule has 2 aliphatic rings. The van der Waals surface area contributed by atoms with Crippen molar-refractivity contribution in [2.45, 2.75) is 19.9 Å². The molecule has 1 aromatic rings. The smallest absolute Gasteiger partial charge is 0.223 e. The molecule has 106 valence electrons. The Kier molecular flexibility index (Phi) is 4.10. The molecule has 0 amide bonds. The van der Waals surface area contributed by atoms with Crippen LogP contribution in [0.1, 0.15) is 18.1 Å². The summed E-state index contributed by atoms with van der Waals surface area (Å²) in [6, 6.07) is 0. The van der Waals surface area contributed by atoms with Crippen LogP contribution in [0.2, 0.25) is 0 Å². The van der Waals surface area contributed by atoms with E-state index in [0.29, 0.717) is 5.89 Å². The molecule has 1 atom stereocenters. The number of aromatic nitrogens is 2. The number of ether oxygens (including phenoxy) is 1. The third-order valence-electron chi connectivity index (χ3n) is 3.94. The van der Waals surface area contributed by atoms with E-state index in [1.165, 1.54) is 13.0 Å². The van der Waals surface area contributed by atoms with Crippen molar-refractivity contribution in [3.63, 3.8) is 0 Å². The van der Waals surface area contributed by atoms with Gasteiger partial charge in [-0.3, -0.25) is 4.90 Å². The maximum atomic E-state index is 5.44. The zero-order chi connectivity index (χ0) is 13.1. The summed E-state index contributed by atoms with van der Waals surface area (Å²) in [5.74, 6) is 2.19. The number of piperazine rings is 1. The van der Waals surface area contributed by atoms with Crippen LogP contribution in [0.15, 0.2) is 4.52 Å². The van der Waals surface area contributed by atoms with Gasteiger partial charge < -0.3 is 14.2 Å². The maximum Gasteiger partial charge on any atom is 0.223 e. The van der Waals surface area contributed by atoms with Gasteiger partial charge in [-0.25, -0.2) is 0 Å². The van der Waals surface area contributed by atoms with Gasteiger partial charge in [-0.15, -0.1) is 0 Å². The lowest BCUT2D eigenvalue weighted by atomic mass is 10.1. The van der Waals surface area contributed by atoms with Gasteiger partial charge in [-0.1, -0.05) is 5.16 Å². The first-order chi connectivity index (χ1) is 9.29. The number of nitrogens with zero attached hydrogens (tertiary/aromatic N) is 4. The monoisotopic (exact) mass is 266 g/mol. The van der Waals surface area contributed by atoms with Gasteiger partial charge in [0.25, 0.3) is 0 Å². The Hall–Kier alpha value is -0.980. The molecule has 1 aromatic heterocycles. The zero-order valence-corrected chi connectivity index (χ0v) is 11.5. The highest BCUT2D eigenvalue weighted by Gasteiger charge is 2.23. The van der Waals surface area contributed by atoms with Crippen molar-refractivity contribution in [3.8, 4) is 0 Å². The fraction of sp³-hybridized carbons (Fsp3) is 0.846. The first kappa shape index (κ1) is 13.0. The summed E-state index contributed by atoms with van der Waals surface area (Å²) in [5, 5.41) is 3.95. The minimum atomic E-state index is 0.648. The minimum absolute atomic E-state index is 0.648. The van der Waals surface area contributed by atoms with Crippen molar-refractivity contribution >= 4 is 0 Å². The highest BCUT2D eigenvalue weighted by molar-refractivity contribution is 4.85. The molecule has 19 heavy (non-hydrogen) atoms. The standard InChI is InChI=1S/C13H22N4O2/c1-11-14-13(15-19-11)9-17-5-3-16(4-6-17)8-12-2-7-18-10-12/h12H,2-10H2,1H3/t12-/m1/s1. The largest absolute Gasteiger partial charge is 0.381 e. The lowest BCUT2D eigenvalue weighted by molar-refractivity contribution is 0.104. The molecular weight excluding hydrogens is 244 g/mol. The van der Waals surface area contributed by atoms with Crippen molar-refractivity contribution in [1.29, 1.82) is 0 Å². The maximum absolute atomic E-state index is 5.44. The van der Waals surface area contributed by atoms with E-state index < -0.39 is 0 Å². The molecule has 2 fully saturated rings. The molecular formula is C13H22N4O2. The van der Waals surface area contributed by atoms with E-state index >= 15 is 0 Å². The van der Waals surface area contributed by atoms with Gasteiger partial charge in [-0.05, 0) is 12.3 Å². The van der Waals surface area contributed by atoms with Crippen LogP contribution in [-0.2, 0) is 11.3 Å². The van der Waals surface area contributed by atoms with E-state index in [4.69, 9.17) is 9.26 Å². The van der Waals surface area contributed by atoms with Crippen molar-refractivity contribution in [2.24, 2.45) is 5.92 Å². The highest BCUT2D eigenvalue weighted by Crippen LogP contribution is 2.15. The molecule has 2 saturated heterocycles. The third-order valence-corrected chi connectivity index (χ3v) is 3.94. The number of aryl methyl sites for hydroxylation is 1. The van der Waals surface area contributed by atoms with Crippen LogP contribution in [0.4, 0.5) is 0 Å². The van der Waals surface area contributed by atoms with Crippen molar-refractivity contribution in [2.75, 3.05) is 45.9 Å². The van der Waals surface area contributed by atoms with Gasteiger partial charge >= 0.3 is 0 Å². The van der Waals surface area contributed by atoms with Gasteiger partial charge in [0.15, 0.2) is 5.82 Å². The van der Waals surface area contributed by atoms with Crippen LogP contribution in [0.5, 0.6) is 0 Å². The number of rotatable bonds is 4. The fourth-order valence-corrected chi connectivity index (χ4v) is 2.83. The summed E-state index contributed by atoms with van der Waals surface area (Å²) in [6.45, 7) is 10.2. The molecule has 0 saturated carbocycles. The Balaban J connectivity index is 1.41. The van der Waals surface area contributed by atoms with Gasteiger partial charge in [0.2, 0.25) is 5.89 Å². The van der Waals surface area contributed by atoms with Crippen LogP contribution in [0, 0.1) is 12.8 Å². The fourth-order valence-electron chi connectivity index (χ4n) is 2.83. The Morgan fingerprint density at radius 2 is 2.00 bits per heavy atom. The molecule has 0 unspecified atom stereocenters. The predicted molar refractivity (Wildman–Crippen MR) is 69.7 cm³/mol. The second kappa shape index (κ2) is 5.98. The summed E-state index contributed by atoms with van der Waals surface area (Å²) in [6.07, 6.45) is 1.22. The van der Waals surface area contributed by atoms with E-state index in [-0.39, 0.29) is 0 Å². The second-order valence-corrected chi connectivity index (χ2v) is 5.54. The Labute approximate surface area is 113 Å². The molecule has 6 heteroatoms. The Morgan fingerprint density at radius 3 is 2.63 bits per heavy atom. The average Bonchev–Trinajstić information content (AvgIpc) is 3.04. The van der Waals surface area contributed by atoms with E-state index in [2.05, 4.69) is 19.9 Å². The summed E-state index contributed by atoms with van der Waals surface area (Å²) >= 11 is 0. The van der Waals surface area contributed by atoms with Gasteiger partial charge in [0.1, 0.15) is 0 Å². The predicted octanol–water partition coefficient (Wildman–Crippen LogP) is 0.532. The van der Waals surface area contributed by atoms with Gasteiger partial charge in [-0.2, -0.15) is 4.98 Å². The molecule has 6 nitrogen and oxygen atoms in total. The normalized spacial score (nSPS) is 26.1. The van der Waals surface area contributed by atoms with Crippen LogP contribution in [0.25, 0.3) is 0 Å². The van der Waals surface area contributed by atoms with E-state index in [1.54, 1.807) is 0 Å². The van der Waals surface area contributed by atoms with Gasteiger partial charge in [0.05, 0.1) is 13.2 Å². The molecule has 0 radical (unpaired) electrons. The Bertz CT molecular complexity index is 395. The molecule has 0 N–H and O–H groups in total. The third kappa shape index (κ3) is 3.52. The molecule has 0 aliphatic carbocycles. The molecule has 0 bridgehead atoms. The lowest BCUT2D eigenvalue weighted by Crippen LogP contribution is -2.47. The van der Waals surface area contributed by atoms with Crippen LogP contribution in [0.3, 0.4) is 0 Å². The molecule has 0 aromatic carbocycles. The van der Waals surface area contributed by atoms with Crippen molar-refractivity contribution < 1.29 is 9.26 Å². The molecule has 3 rings (SSSR count). The molecule has 2 aliphatic heterocycles. The first-order valence-corrected chi connectivity index (χ1v) is 7.11. The van der Waals surface area contributed by atoms with Crippen LogP contribution >= 0.6 is 0 Å². The van der Waals surface area contributed by atoms with E-state index in [1.807, 2.05) is 6.92 Å². The van der Waals surface area contributed by atoms with Crippen LogP contribution < -0.4 is 0 Å². The lowest BCUT2D eigenvalue weighted by Gasteiger charge is -2.35. The Morgan fingerprint density at radius 1 is 1.21 bits per heavy atom. The van der Waals surface area contributed by atoms with Gasteiger partial charge in [0, 0.05) is 46.3 Å². The number of hydrogen-bond donors (Lipinski definition) is 0. The molecule has 0 spiro atoms. The first-order valence-electron chi connectivity index (χ1n) is 7.11. The van der Waals surface area contributed by atoms with E-state index in [0.717, 1.165) is 57.7 Å². The second-order valence-electron chi connectivity index (χ2n) is 5.54.